The molecule has 148 valence electrons. The molecule has 1 saturated heterocycles. The average molecular weight is 377 g/mol. The van der Waals surface area contributed by atoms with E-state index in [-0.39, 0.29) is 17.5 Å². The molecule has 0 bridgehead atoms. The number of carbonyl (C=O) groups is 2. The number of rotatable bonds is 10. The Labute approximate surface area is 160 Å². The van der Waals surface area contributed by atoms with Crippen molar-refractivity contribution in [2.75, 3.05) is 6.54 Å². The van der Waals surface area contributed by atoms with Gasteiger partial charge in [0.05, 0.1) is 6.04 Å². The van der Waals surface area contributed by atoms with E-state index in [2.05, 4.69) is 6.92 Å². The Morgan fingerprint density at radius 3 is 2.59 bits per heavy atom. The van der Waals surface area contributed by atoms with E-state index in [0.717, 1.165) is 38.2 Å². The topological polar surface area (TPSA) is 37.4 Å². The van der Waals surface area contributed by atoms with Crippen molar-refractivity contribution in [2.24, 2.45) is 0 Å². The first kappa shape index (κ1) is 21.3. The summed E-state index contributed by atoms with van der Waals surface area (Å²) < 4.78 is 28.6. The predicted octanol–water partition coefficient (Wildman–Crippen LogP) is 5.26. The van der Waals surface area contributed by atoms with E-state index in [1.165, 1.54) is 36.8 Å². The number of benzene rings is 1. The fraction of sp³-hybridized carbons (Fsp3) is 0.545. The molecular formula is C22H29F2NO2. The van der Waals surface area contributed by atoms with Crippen molar-refractivity contribution in [3.8, 4) is 0 Å². The summed E-state index contributed by atoms with van der Waals surface area (Å²) in [6.45, 7) is 2.78. The maximum Gasteiger partial charge on any atom is 0.334 e. The zero-order chi connectivity index (χ0) is 19.7. The number of hydrogen-bond donors (Lipinski definition) is 0. The van der Waals surface area contributed by atoms with Crippen LogP contribution in [-0.2, 0) is 15.5 Å². The van der Waals surface area contributed by atoms with Crippen LogP contribution in [0.3, 0.4) is 0 Å². The van der Waals surface area contributed by atoms with Crippen LogP contribution in [0.4, 0.5) is 8.78 Å². The second-order valence-corrected chi connectivity index (χ2v) is 7.12. The Balaban J connectivity index is 1.99. The molecule has 1 heterocycles. The molecule has 2 rings (SSSR count). The number of alkyl halides is 2. The number of piperidine rings is 1. The zero-order valence-electron chi connectivity index (χ0n) is 16.0. The van der Waals surface area contributed by atoms with Crippen LogP contribution >= 0.6 is 0 Å². The Bertz CT molecular complexity index is 643. The highest BCUT2D eigenvalue weighted by Crippen LogP contribution is 2.29. The van der Waals surface area contributed by atoms with Crippen molar-refractivity contribution in [3.63, 3.8) is 0 Å². The number of allylic oxidation sites excluding steroid dienone is 1. The van der Waals surface area contributed by atoms with Gasteiger partial charge in [-0.1, -0.05) is 69.0 Å². The van der Waals surface area contributed by atoms with Crippen LogP contribution in [0.15, 0.2) is 42.5 Å². The lowest BCUT2D eigenvalue weighted by atomic mass is 9.98. The molecule has 27 heavy (non-hydrogen) atoms. The van der Waals surface area contributed by atoms with Gasteiger partial charge in [-0.3, -0.25) is 9.59 Å². The van der Waals surface area contributed by atoms with Crippen molar-refractivity contribution in [1.82, 2.24) is 4.90 Å². The van der Waals surface area contributed by atoms with Crippen LogP contribution < -0.4 is 0 Å². The van der Waals surface area contributed by atoms with E-state index in [4.69, 9.17) is 0 Å². The average Bonchev–Trinajstić information content (AvgIpc) is 2.68. The molecule has 1 amide bonds. The SMILES string of the molecule is CCCCCCCN1C(=O)CCCC1/C=C/C(=O)C(F)(F)c1ccccc1. The molecule has 0 saturated carbocycles. The first-order valence-corrected chi connectivity index (χ1v) is 9.92. The van der Waals surface area contributed by atoms with Crippen LogP contribution in [-0.4, -0.2) is 29.2 Å². The standard InChI is InChI=1S/C22H29F2NO2/c1-2-3-4-5-9-17-25-19(13-10-14-21(25)27)15-16-20(26)22(23,24)18-11-7-6-8-12-18/h6-8,11-12,15-16,19H,2-5,9-10,13-14,17H2,1H3/b16-15+. The van der Waals surface area contributed by atoms with Crippen LogP contribution in [0.1, 0.15) is 63.9 Å². The minimum Gasteiger partial charge on any atom is -0.336 e. The van der Waals surface area contributed by atoms with Crippen LogP contribution in [0.2, 0.25) is 0 Å². The van der Waals surface area contributed by atoms with Gasteiger partial charge in [0.2, 0.25) is 11.7 Å². The molecule has 1 atom stereocenters. The molecule has 3 nitrogen and oxygen atoms in total. The Morgan fingerprint density at radius 2 is 1.89 bits per heavy atom. The third-order valence-electron chi connectivity index (χ3n) is 5.03. The molecule has 1 unspecified atom stereocenters. The van der Waals surface area contributed by atoms with Gasteiger partial charge in [-0.2, -0.15) is 8.78 Å². The maximum absolute atomic E-state index is 14.3. The number of amides is 1. The number of halogens is 2. The van der Waals surface area contributed by atoms with Gasteiger partial charge < -0.3 is 4.90 Å². The van der Waals surface area contributed by atoms with Crippen molar-refractivity contribution in [2.45, 2.75) is 70.3 Å². The smallest absolute Gasteiger partial charge is 0.334 e. The maximum atomic E-state index is 14.3. The van der Waals surface area contributed by atoms with E-state index in [0.29, 0.717) is 19.4 Å². The summed E-state index contributed by atoms with van der Waals surface area (Å²) in [6.07, 6.45) is 9.82. The highest BCUT2D eigenvalue weighted by Gasteiger charge is 2.39. The highest BCUT2D eigenvalue weighted by molar-refractivity contribution is 5.96. The van der Waals surface area contributed by atoms with Gasteiger partial charge in [0.1, 0.15) is 0 Å². The molecular weight excluding hydrogens is 348 g/mol. The largest absolute Gasteiger partial charge is 0.336 e. The Kier molecular flexibility index (Phi) is 8.14. The lowest BCUT2D eigenvalue weighted by Gasteiger charge is -2.34. The Hall–Kier alpha value is -2.04. The normalized spacial score (nSPS) is 18.3. The van der Waals surface area contributed by atoms with Gasteiger partial charge >= 0.3 is 5.92 Å². The van der Waals surface area contributed by atoms with Gasteiger partial charge in [0.25, 0.3) is 0 Å². The third-order valence-corrected chi connectivity index (χ3v) is 5.03. The predicted molar refractivity (Wildman–Crippen MR) is 103 cm³/mol. The number of hydrogen-bond acceptors (Lipinski definition) is 2. The summed E-state index contributed by atoms with van der Waals surface area (Å²) in [4.78, 5) is 26.1. The van der Waals surface area contributed by atoms with E-state index in [9.17, 15) is 18.4 Å². The highest BCUT2D eigenvalue weighted by atomic mass is 19.3. The van der Waals surface area contributed by atoms with E-state index < -0.39 is 11.7 Å². The van der Waals surface area contributed by atoms with Crippen LogP contribution in [0.25, 0.3) is 0 Å². The summed E-state index contributed by atoms with van der Waals surface area (Å²) in [7, 11) is 0. The summed E-state index contributed by atoms with van der Waals surface area (Å²) >= 11 is 0. The van der Waals surface area contributed by atoms with Crippen molar-refractivity contribution >= 4 is 11.7 Å². The lowest BCUT2D eigenvalue weighted by Crippen LogP contribution is -2.43. The quantitative estimate of drug-likeness (QED) is 0.412. The molecule has 1 aromatic carbocycles. The number of ketones is 1. The van der Waals surface area contributed by atoms with Gasteiger partial charge in [-0.25, -0.2) is 0 Å². The summed E-state index contributed by atoms with van der Waals surface area (Å²) in [5.74, 6) is -4.75. The third kappa shape index (κ3) is 5.98. The fourth-order valence-corrected chi connectivity index (χ4v) is 3.42. The molecule has 0 aromatic heterocycles. The summed E-state index contributed by atoms with van der Waals surface area (Å²) in [5.41, 5.74) is -0.313. The molecule has 0 radical (unpaired) electrons. The zero-order valence-corrected chi connectivity index (χ0v) is 16.0. The van der Waals surface area contributed by atoms with E-state index in [1.807, 2.05) is 0 Å². The van der Waals surface area contributed by atoms with Gasteiger partial charge in [0.15, 0.2) is 0 Å². The van der Waals surface area contributed by atoms with Crippen molar-refractivity contribution < 1.29 is 18.4 Å². The monoisotopic (exact) mass is 377 g/mol. The first-order valence-electron chi connectivity index (χ1n) is 9.92. The molecule has 0 N–H and O–H groups in total. The van der Waals surface area contributed by atoms with E-state index in [1.54, 1.807) is 11.0 Å². The molecule has 0 aliphatic carbocycles. The van der Waals surface area contributed by atoms with Crippen LogP contribution in [0.5, 0.6) is 0 Å². The van der Waals surface area contributed by atoms with Gasteiger partial charge in [-0.15, -0.1) is 0 Å². The first-order chi connectivity index (χ1) is 13.0. The molecule has 1 aliphatic heterocycles. The summed E-state index contributed by atoms with van der Waals surface area (Å²) in [6, 6.07) is 6.83. The number of likely N-dealkylation sites (tertiary alicyclic amines) is 1. The molecule has 1 fully saturated rings. The van der Waals surface area contributed by atoms with Crippen molar-refractivity contribution in [1.29, 1.82) is 0 Å². The second kappa shape index (κ2) is 10.3. The van der Waals surface area contributed by atoms with Gasteiger partial charge in [0, 0.05) is 18.5 Å². The lowest BCUT2D eigenvalue weighted by molar-refractivity contribution is -0.139. The number of nitrogens with zero attached hydrogens (tertiary/aromatic N) is 1. The second-order valence-electron chi connectivity index (χ2n) is 7.12. The number of unbranched alkanes of at least 4 members (excludes halogenated alkanes) is 4. The minimum absolute atomic E-state index is 0.0497. The molecule has 1 aliphatic rings. The molecule has 0 spiro atoms. The van der Waals surface area contributed by atoms with Crippen LogP contribution in [0, 0.1) is 0 Å². The van der Waals surface area contributed by atoms with E-state index >= 15 is 0 Å². The molecule has 1 aromatic rings. The van der Waals surface area contributed by atoms with Gasteiger partial charge in [-0.05, 0) is 25.3 Å². The molecule has 5 heteroatoms. The Morgan fingerprint density at radius 1 is 1.19 bits per heavy atom. The van der Waals surface area contributed by atoms with Crippen molar-refractivity contribution in [3.05, 3.63) is 48.0 Å². The minimum atomic E-state index is -3.55. The number of carbonyl (C=O) groups excluding carboxylic acids is 2. The summed E-state index contributed by atoms with van der Waals surface area (Å²) in [5, 5.41) is 0. The fourth-order valence-electron chi connectivity index (χ4n) is 3.42.